The van der Waals surface area contributed by atoms with Crippen LogP contribution >= 0.6 is 11.3 Å². The quantitative estimate of drug-likeness (QED) is 0.639. The molecular weight excluding hydrogens is 398 g/mol. The molecular formula is C19H17N3O4S2. The van der Waals surface area contributed by atoms with Gasteiger partial charge in [-0.15, -0.1) is 15.7 Å². The number of pyridine rings is 1. The second kappa shape index (κ2) is 6.61. The van der Waals surface area contributed by atoms with E-state index in [1.807, 2.05) is 19.9 Å². The van der Waals surface area contributed by atoms with Gasteiger partial charge in [0.15, 0.2) is 5.84 Å². The third-order valence-corrected chi connectivity index (χ3v) is 6.66. The highest BCUT2D eigenvalue weighted by molar-refractivity contribution is 7.90. The standard InChI is InChI=1S/C19H17N3O4S2/c1-11(2)7-9-22-18(24)15(16(23)12-8-10-27-19(12)22)17-20-13-5-3-4-6-14(13)28(25,26)21-17/h3-8,10,23H,9H2,1-2H3,(H,20,21). The lowest BCUT2D eigenvalue weighted by atomic mass is 10.1. The fourth-order valence-corrected chi connectivity index (χ4v) is 5.06. The molecule has 0 fully saturated rings. The minimum atomic E-state index is -3.99. The first-order chi connectivity index (χ1) is 13.3. The molecule has 2 aromatic heterocycles. The first kappa shape index (κ1) is 18.5. The predicted molar refractivity (Wildman–Crippen MR) is 111 cm³/mol. The Kier molecular flexibility index (Phi) is 4.35. The Morgan fingerprint density at radius 1 is 1.29 bits per heavy atom. The average Bonchev–Trinajstić information content (AvgIpc) is 3.11. The van der Waals surface area contributed by atoms with Gasteiger partial charge in [-0.25, -0.2) is 0 Å². The monoisotopic (exact) mass is 415 g/mol. The molecule has 0 radical (unpaired) electrons. The number of para-hydroxylation sites is 1. The molecule has 0 spiro atoms. The van der Waals surface area contributed by atoms with Crippen LogP contribution in [0.5, 0.6) is 5.75 Å². The normalized spacial score (nSPS) is 14.9. The van der Waals surface area contributed by atoms with Crippen molar-refractivity contribution in [1.29, 1.82) is 0 Å². The maximum atomic E-state index is 13.2. The number of nitrogens with zero attached hydrogens (tertiary/aromatic N) is 2. The minimum Gasteiger partial charge on any atom is -0.506 e. The molecule has 0 unspecified atom stereocenters. The van der Waals surface area contributed by atoms with Gasteiger partial charge < -0.3 is 10.4 Å². The number of allylic oxidation sites excluding steroid dienone is 2. The zero-order chi connectivity index (χ0) is 20.1. The maximum absolute atomic E-state index is 13.2. The molecule has 0 saturated carbocycles. The van der Waals surface area contributed by atoms with E-state index in [0.29, 0.717) is 22.4 Å². The van der Waals surface area contributed by atoms with E-state index in [1.54, 1.807) is 29.6 Å². The van der Waals surface area contributed by atoms with Gasteiger partial charge in [0.1, 0.15) is 21.0 Å². The van der Waals surface area contributed by atoms with Gasteiger partial charge in [0.05, 0.1) is 11.1 Å². The molecule has 0 saturated heterocycles. The Morgan fingerprint density at radius 2 is 2.04 bits per heavy atom. The van der Waals surface area contributed by atoms with Crippen molar-refractivity contribution >= 4 is 43.1 Å². The highest BCUT2D eigenvalue weighted by atomic mass is 32.2. The van der Waals surface area contributed by atoms with Crippen LogP contribution in [0.4, 0.5) is 5.69 Å². The number of fused-ring (bicyclic) bond motifs is 2. The summed E-state index contributed by atoms with van der Waals surface area (Å²) in [6.45, 7) is 4.16. The summed E-state index contributed by atoms with van der Waals surface area (Å²) in [7, 11) is -3.99. The summed E-state index contributed by atoms with van der Waals surface area (Å²) in [5.41, 5.74) is 0.681. The predicted octanol–water partition coefficient (Wildman–Crippen LogP) is 3.30. The van der Waals surface area contributed by atoms with Gasteiger partial charge in [-0.2, -0.15) is 8.42 Å². The zero-order valence-corrected chi connectivity index (χ0v) is 16.8. The van der Waals surface area contributed by atoms with Gasteiger partial charge in [-0.3, -0.25) is 9.36 Å². The maximum Gasteiger partial charge on any atom is 0.286 e. The van der Waals surface area contributed by atoms with Crippen molar-refractivity contribution in [3.8, 4) is 5.75 Å². The van der Waals surface area contributed by atoms with E-state index in [-0.39, 0.29) is 22.0 Å². The smallest absolute Gasteiger partial charge is 0.286 e. The number of benzene rings is 1. The van der Waals surface area contributed by atoms with E-state index in [1.165, 1.54) is 22.0 Å². The zero-order valence-electron chi connectivity index (χ0n) is 15.1. The molecule has 7 nitrogen and oxygen atoms in total. The summed E-state index contributed by atoms with van der Waals surface area (Å²) in [4.78, 5) is 13.8. The molecule has 0 atom stereocenters. The second-order valence-electron chi connectivity index (χ2n) is 6.60. The number of aromatic hydroxyl groups is 1. The van der Waals surface area contributed by atoms with E-state index < -0.39 is 15.6 Å². The van der Waals surface area contributed by atoms with Crippen LogP contribution in [0.3, 0.4) is 0 Å². The van der Waals surface area contributed by atoms with Gasteiger partial charge in [-0.05, 0) is 37.4 Å². The van der Waals surface area contributed by atoms with E-state index in [9.17, 15) is 18.3 Å². The molecule has 0 amide bonds. The van der Waals surface area contributed by atoms with Crippen molar-refractivity contribution in [2.24, 2.45) is 4.40 Å². The topological polar surface area (TPSA) is 101 Å². The average molecular weight is 415 g/mol. The number of sulfonamides is 1. The lowest BCUT2D eigenvalue weighted by Gasteiger charge is -2.19. The van der Waals surface area contributed by atoms with E-state index in [2.05, 4.69) is 9.71 Å². The molecule has 3 heterocycles. The van der Waals surface area contributed by atoms with Crippen LogP contribution in [0.25, 0.3) is 10.2 Å². The van der Waals surface area contributed by atoms with Gasteiger partial charge in [0.25, 0.3) is 15.6 Å². The molecule has 0 bridgehead atoms. The number of nitrogens with one attached hydrogen (secondary N) is 1. The fourth-order valence-electron chi connectivity index (χ4n) is 3.03. The summed E-state index contributed by atoms with van der Waals surface area (Å²) in [5.74, 6) is -0.462. The highest BCUT2D eigenvalue weighted by Crippen LogP contribution is 2.33. The summed E-state index contributed by atoms with van der Waals surface area (Å²) < 4.78 is 30.4. The van der Waals surface area contributed by atoms with Gasteiger partial charge in [0, 0.05) is 6.54 Å². The Hall–Kier alpha value is -2.91. The van der Waals surface area contributed by atoms with Crippen molar-refractivity contribution in [2.45, 2.75) is 25.3 Å². The van der Waals surface area contributed by atoms with Crippen LogP contribution in [0, 0.1) is 0 Å². The van der Waals surface area contributed by atoms with Crippen LogP contribution in [0.2, 0.25) is 0 Å². The first-order valence-corrected chi connectivity index (χ1v) is 10.8. The van der Waals surface area contributed by atoms with Crippen LogP contribution in [-0.4, -0.2) is 23.9 Å². The van der Waals surface area contributed by atoms with Crippen LogP contribution < -0.4 is 10.9 Å². The van der Waals surface area contributed by atoms with Crippen molar-refractivity contribution in [1.82, 2.24) is 4.57 Å². The molecule has 2 N–H and O–H groups in total. The van der Waals surface area contributed by atoms with Crippen LogP contribution in [0.1, 0.15) is 19.4 Å². The fraction of sp³-hybridized carbons (Fsp3) is 0.158. The van der Waals surface area contributed by atoms with E-state index in [4.69, 9.17) is 0 Å². The molecule has 3 aromatic rings. The SMILES string of the molecule is CC(C)=CCn1c(=O)c(C2=NS(=O)(=O)c3ccccc3N2)c(O)c2ccsc21. The third kappa shape index (κ3) is 2.92. The lowest BCUT2D eigenvalue weighted by molar-refractivity contribution is 0.478. The van der Waals surface area contributed by atoms with Crippen molar-refractivity contribution in [3.63, 3.8) is 0 Å². The molecule has 1 aliphatic heterocycles. The van der Waals surface area contributed by atoms with Gasteiger partial charge in [0.2, 0.25) is 0 Å². The van der Waals surface area contributed by atoms with Crippen molar-refractivity contribution < 1.29 is 13.5 Å². The summed E-state index contributed by atoms with van der Waals surface area (Å²) in [6.07, 6.45) is 1.89. The largest absolute Gasteiger partial charge is 0.506 e. The number of thiophene rings is 1. The summed E-state index contributed by atoms with van der Waals surface area (Å²) in [5, 5.41) is 15.9. The molecule has 28 heavy (non-hydrogen) atoms. The van der Waals surface area contributed by atoms with Crippen molar-refractivity contribution in [2.75, 3.05) is 5.32 Å². The Morgan fingerprint density at radius 3 is 2.79 bits per heavy atom. The van der Waals surface area contributed by atoms with E-state index in [0.717, 1.165) is 5.57 Å². The Balaban J connectivity index is 1.99. The van der Waals surface area contributed by atoms with Gasteiger partial charge >= 0.3 is 0 Å². The Labute approximate surface area is 165 Å². The molecule has 0 aliphatic carbocycles. The van der Waals surface area contributed by atoms with E-state index >= 15 is 0 Å². The number of hydrogen-bond donors (Lipinski definition) is 2. The molecule has 9 heteroatoms. The van der Waals surface area contributed by atoms with Gasteiger partial charge in [-0.1, -0.05) is 23.8 Å². The summed E-state index contributed by atoms with van der Waals surface area (Å²) in [6, 6.07) is 8.00. The second-order valence-corrected chi connectivity index (χ2v) is 9.06. The number of amidine groups is 1. The lowest BCUT2D eigenvalue weighted by Crippen LogP contribution is -2.32. The molecule has 144 valence electrons. The summed E-state index contributed by atoms with van der Waals surface area (Å²) >= 11 is 1.33. The third-order valence-electron chi connectivity index (χ3n) is 4.39. The molecule has 4 rings (SSSR count). The highest BCUT2D eigenvalue weighted by Gasteiger charge is 2.29. The molecule has 1 aromatic carbocycles. The number of hydrogen-bond acceptors (Lipinski definition) is 6. The van der Waals surface area contributed by atoms with Crippen molar-refractivity contribution in [3.05, 3.63) is 63.3 Å². The number of aromatic nitrogens is 1. The minimum absolute atomic E-state index is 0.0275. The number of rotatable bonds is 3. The van der Waals surface area contributed by atoms with Crippen LogP contribution in [-0.2, 0) is 16.6 Å². The first-order valence-electron chi connectivity index (χ1n) is 8.47. The van der Waals surface area contributed by atoms with Crippen LogP contribution in [0.15, 0.2) is 61.4 Å². The Bertz CT molecular complexity index is 1330. The molecule has 1 aliphatic rings. The number of anilines is 1.